The normalized spacial score (nSPS) is 12.5. The van der Waals surface area contributed by atoms with Crippen molar-refractivity contribution in [2.75, 3.05) is 11.9 Å². The zero-order valence-electron chi connectivity index (χ0n) is 10.0. The van der Waals surface area contributed by atoms with Crippen molar-refractivity contribution in [3.05, 3.63) is 29.6 Å². The Hall–Kier alpha value is -1.62. The minimum atomic E-state index is -0.644. The highest BCUT2D eigenvalue weighted by molar-refractivity contribution is 5.93. The minimum Gasteiger partial charge on any atom is -0.381 e. The summed E-state index contributed by atoms with van der Waals surface area (Å²) in [5.74, 6) is -0.831. The van der Waals surface area contributed by atoms with Gasteiger partial charge in [-0.2, -0.15) is 0 Å². The van der Waals surface area contributed by atoms with E-state index >= 15 is 0 Å². The largest absolute Gasteiger partial charge is 0.381 e. The van der Waals surface area contributed by atoms with E-state index in [9.17, 15) is 9.18 Å². The van der Waals surface area contributed by atoms with E-state index in [-0.39, 0.29) is 11.6 Å². The topological polar surface area (TPSA) is 81.1 Å². The lowest BCUT2D eigenvalue weighted by molar-refractivity contribution is 0.1000. The van der Waals surface area contributed by atoms with Crippen LogP contribution in [0, 0.1) is 11.7 Å². The van der Waals surface area contributed by atoms with E-state index in [1.165, 1.54) is 12.1 Å². The number of nitrogens with two attached hydrogens (primary N) is 2. The molecule has 0 heterocycles. The molecule has 94 valence electrons. The monoisotopic (exact) mass is 239 g/mol. The first-order valence-electron chi connectivity index (χ1n) is 5.50. The van der Waals surface area contributed by atoms with Crippen LogP contribution in [0.3, 0.4) is 0 Å². The Balaban J connectivity index is 2.70. The molecule has 0 aromatic heterocycles. The Labute approximate surface area is 100 Å². The highest BCUT2D eigenvalue weighted by atomic mass is 19.1. The van der Waals surface area contributed by atoms with Crippen LogP contribution in [0.4, 0.5) is 10.1 Å². The molecule has 0 spiro atoms. The Morgan fingerprint density at radius 2 is 2.12 bits per heavy atom. The van der Waals surface area contributed by atoms with E-state index in [0.717, 1.165) is 6.07 Å². The van der Waals surface area contributed by atoms with Gasteiger partial charge in [-0.1, -0.05) is 13.8 Å². The summed E-state index contributed by atoms with van der Waals surface area (Å²) in [5.41, 5.74) is 11.4. The number of halogens is 1. The fourth-order valence-corrected chi connectivity index (χ4v) is 1.28. The quantitative estimate of drug-likeness (QED) is 0.724. The van der Waals surface area contributed by atoms with Gasteiger partial charge in [-0.3, -0.25) is 4.79 Å². The SMILES string of the molecule is CC(C)C(N)CNc1ccc(C(N)=O)cc1F. The average molecular weight is 239 g/mol. The maximum absolute atomic E-state index is 13.6. The highest BCUT2D eigenvalue weighted by Crippen LogP contribution is 2.15. The molecule has 0 saturated carbocycles. The van der Waals surface area contributed by atoms with Crippen LogP contribution in [-0.2, 0) is 0 Å². The summed E-state index contributed by atoms with van der Waals surface area (Å²) >= 11 is 0. The van der Waals surface area contributed by atoms with Gasteiger partial charge in [-0.05, 0) is 24.1 Å². The third-order valence-corrected chi connectivity index (χ3v) is 2.64. The van der Waals surface area contributed by atoms with E-state index in [1.807, 2.05) is 13.8 Å². The smallest absolute Gasteiger partial charge is 0.248 e. The summed E-state index contributed by atoms with van der Waals surface area (Å²) in [6, 6.07) is 4.04. The van der Waals surface area contributed by atoms with Crippen LogP contribution < -0.4 is 16.8 Å². The number of benzene rings is 1. The molecule has 0 bridgehead atoms. The van der Waals surface area contributed by atoms with Gasteiger partial charge in [0.1, 0.15) is 5.82 Å². The second-order valence-electron chi connectivity index (χ2n) is 4.35. The molecule has 1 amide bonds. The van der Waals surface area contributed by atoms with Crippen LogP contribution in [-0.4, -0.2) is 18.5 Å². The van der Waals surface area contributed by atoms with Gasteiger partial charge in [0.2, 0.25) is 5.91 Å². The Bertz CT molecular complexity index is 407. The molecular formula is C12H18FN3O. The van der Waals surface area contributed by atoms with E-state index in [0.29, 0.717) is 18.2 Å². The Morgan fingerprint density at radius 3 is 2.59 bits per heavy atom. The zero-order valence-corrected chi connectivity index (χ0v) is 10.0. The standard InChI is InChI=1S/C12H18FN3O/c1-7(2)10(14)6-16-11-4-3-8(12(15)17)5-9(11)13/h3-5,7,10,16H,6,14H2,1-2H3,(H2,15,17). The lowest BCUT2D eigenvalue weighted by Crippen LogP contribution is -2.34. The van der Waals surface area contributed by atoms with Gasteiger partial charge in [-0.15, -0.1) is 0 Å². The van der Waals surface area contributed by atoms with Crippen LogP contribution in [0.15, 0.2) is 18.2 Å². The molecule has 0 aliphatic rings. The maximum Gasteiger partial charge on any atom is 0.248 e. The first-order chi connectivity index (χ1) is 7.91. The van der Waals surface area contributed by atoms with Crippen molar-refractivity contribution in [1.29, 1.82) is 0 Å². The number of rotatable bonds is 5. The molecule has 1 rings (SSSR count). The molecule has 5 N–H and O–H groups in total. The van der Waals surface area contributed by atoms with Crippen LogP contribution in [0.5, 0.6) is 0 Å². The number of carbonyl (C=O) groups excluding carboxylic acids is 1. The predicted molar refractivity (Wildman–Crippen MR) is 66.2 cm³/mol. The molecule has 1 atom stereocenters. The molecular weight excluding hydrogens is 221 g/mol. The summed E-state index contributed by atoms with van der Waals surface area (Å²) in [5, 5.41) is 2.91. The van der Waals surface area contributed by atoms with Gasteiger partial charge in [0, 0.05) is 18.2 Å². The molecule has 0 aliphatic carbocycles. The number of nitrogens with one attached hydrogen (secondary N) is 1. The number of primary amides is 1. The van der Waals surface area contributed by atoms with Gasteiger partial charge in [0.25, 0.3) is 0 Å². The van der Waals surface area contributed by atoms with E-state index < -0.39 is 11.7 Å². The number of amides is 1. The molecule has 0 aliphatic heterocycles. The van der Waals surface area contributed by atoms with E-state index in [2.05, 4.69) is 5.32 Å². The lowest BCUT2D eigenvalue weighted by Gasteiger charge is -2.17. The number of anilines is 1. The van der Waals surface area contributed by atoms with Gasteiger partial charge >= 0.3 is 0 Å². The predicted octanol–water partition coefficient (Wildman–Crippen LogP) is 1.32. The third-order valence-electron chi connectivity index (χ3n) is 2.64. The van der Waals surface area contributed by atoms with Crippen LogP contribution in [0.25, 0.3) is 0 Å². The molecule has 0 radical (unpaired) electrons. The van der Waals surface area contributed by atoms with Crippen molar-refractivity contribution in [3.63, 3.8) is 0 Å². The molecule has 0 saturated heterocycles. The number of hydrogen-bond acceptors (Lipinski definition) is 3. The minimum absolute atomic E-state index is 0.0507. The van der Waals surface area contributed by atoms with E-state index in [4.69, 9.17) is 11.5 Å². The third kappa shape index (κ3) is 3.71. The average Bonchev–Trinajstić information content (AvgIpc) is 2.26. The molecule has 17 heavy (non-hydrogen) atoms. The van der Waals surface area contributed by atoms with Crippen LogP contribution in [0.2, 0.25) is 0 Å². The van der Waals surface area contributed by atoms with E-state index in [1.54, 1.807) is 0 Å². The first-order valence-corrected chi connectivity index (χ1v) is 5.50. The van der Waals surface area contributed by atoms with Crippen molar-refractivity contribution in [2.45, 2.75) is 19.9 Å². The molecule has 5 heteroatoms. The zero-order chi connectivity index (χ0) is 13.0. The van der Waals surface area contributed by atoms with Gasteiger partial charge < -0.3 is 16.8 Å². The van der Waals surface area contributed by atoms with Crippen LogP contribution >= 0.6 is 0 Å². The molecule has 0 fully saturated rings. The van der Waals surface area contributed by atoms with Gasteiger partial charge in [0.15, 0.2) is 0 Å². The Kier molecular flexibility index (Phi) is 4.45. The summed E-state index contributed by atoms with van der Waals surface area (Å²) < 4.78 is 13.6. The lowest BCUT2D eigenvalue weighted by atomic mass is 10.1. The van der Waals surface area contributed by atoms with Crippen molar-refractivity contribution in [3.8, 4) is 0 Å². The second-order valence-corrected chi connectivity index (χ2v) is 4.35. The molecule has 1 aromatic rings. The van der Waals surface area contributed by atoms with Crippen molar-refractivity contribution < 1.29 is 9.18 Å². The fourth-order valence-electron chi connectivity index (χ4n) is 1.28. The first kappa shape index (κ1) is 13.4. The van der Waals surface area contributed by atoms with Crippen molar-refractivity contribution in [2.24, 2.45) is 17.4 Å². The number of hydrogen-bond donors (Lipinski definition) is 3. The van der Waals surface area contributed by atoms with Crippen LogP contribution in [0.1, 0.15) is 24.2 Å². The molecule has 1 aromatic carbocycles. The summed E-state index contributed by atoms with van der Waals surface area (Å²) in [6.07, 6.45) is 0. The number of carbonyl (C=O) groups is 1. The van der Waals surface area contributed by atoms with Crippen molar-refractivity contribution >= 4 is 11.6 Å². The second kappa shape index (κ2) is 5.63. The van der Waals surface area contributed by atoms with Crippen molar-refractivity contribution in [1.82, 2.24) is 0 Å². The molecule has 1 unspecified atom stereocenters. The highest BCUT2D eigenvalue weighted by Gasteiger charge is 2.10. The summed E-state index contributed by atoms with van der Waals surface area (Å²) in [7, 11) is 0. The van der Waals surface area contributed by atoms with Gasteiger partial charge in [0.05, 0.1) is 5.69 Å². The summed E-state index contributed by atoms with van der Waals surface area (Å²) in [4.78, 5) is 10.8. The fraction of sp³-hybridized carbons (Fsp3) is 0.417. The Morgan fingerprint density at radius 1 is 1.47 bits per heavy atom. The maximum atomic E-state index is 13.6. The molecule has 4 nitrogen and oxygen atoms in total. The summed E-state index contributed by atoms with van der Waals surface area (Å²) in [6.45, 7) is 4.47. The van der Waals surface area contributed by atoms with Gasteiger partial charge in [-0.25, -0.2) is 4.39 Å².